The van der Waals surface area contributed by atoms with Crippen molar-refractivity contribution < 1.29 is 18.3 Å². The maximum atomic E-state index is 16.0. The molecule has 2 aliphatic rings. The SMILES string of the molecule is CC1=CC=NC(C(C)C)C1n1c(=O)nc(N2C[C@@H](C)N(C(=O)OC(C)(C)C)C[C@@H]2C)c2cc(F)c(-c3c(N)cccc3F)nc21. The van der Waals surface area contributed by atoms with Gasteiger partial charge < -0.3 is 20.3 Å². The van der Waals surface area contributed by atoms with Crippen LogP contribution in [0.1, 0.15) is 61.4 Å². The number of nitrogen functional groups attached to an aromatic ring is 1. The van der Waals surface area contributed by atoms with Crippen molar-refractivity contribution in [3.63, 3.8) is 0 Å². The molecule has 12 heteroatoms. The van der Waals surface area contributed by atoms with Crippen molar-refractivity contribution >= 4 is 34.8 Å². The second-order valence-electron chi connectivity index (χ2n) is 13.4. The van der Waals surface area contributed by atoms with Crippen LogP contribution in [0.4, 0.5) is 25.1 Å². The van der Waals surface area contributed by atoms with Crippen molar-refractivity contribution in [3.05, 3.63) is 58.0 Å². The van der Waals surface area contributed by atoms with Crippen molar-refractivity contribution in [2.75, 3.05) is 23.7 Å². The molecule has 5 rings (SSSR count). The summed E-state index contributed by atoms with van der Waals surface area (Å²) in [7, 11) is 0. The highest BCUT2D eigenvalue weighted by molar-refractivity contribution is 5.91. The first kappa shape index (κ1) is 32.1. The van der Waals surface area contributed by atoms with Crippen LogP contribution in [0.25, 0.3) is 22.3 Å². The first-order chi connectivity index (χ1) is 21.1. The van der Waals surface area contributed by atoms with Gasteiger partial charge >= 0.3 is 11.8 Å². The summed E-state index contributed by atoms with van der Waals surface area (Å²) in [5.41, 5.74) is 5.37. The molecule has 45 heavy (non-hydrogen) atoms. The molecule has 4 atom stereocenters. The van der Waals surface area contributed by atoms with Gasteiger partial charge in [0.15, 0.2) is 5.82 Å². The van der Waals surface area contributed by atoms with E-state index in [-0.39, 0.29) is 64.4 Å². The van der Waals surface area contributed by atoms with Crippen molar-refractivity contribution in [2.45, 2.75) is 85.2 Å². The molecule has 10 nitrogen and oxygen atoms in total. The molecule has 0 bridgehead atoms. The number of hydrogen-bond donors (Lipinski definition) is 1. The molecule has 0 saturated carbocycles. The van der Waals surface area contributed by atoms with Gasteiger partial charge in [-0.1, -0.05) is 19.9 Å². The second kappa shape index (κ2) is 11.9. The summed E-state index contributed by atoms with van der Waals surface area (Å²) >= 11 is 0. The summed E-state index contributed by atoms with van der Waals surface area (Å²) in [6, 6.07) is 3.83. The average molecular weight is 622 g/mol. The molecule has 0 radical (unpaired) electrons. The van der Waals surface area contributed by atoms with Crippen LogP contribution in [0.15, 0.2) is 45.7 Å². The number of amides is 1. The van der Waals surface area contributed by atoms with Crippen LogP contribution in [0.3, 0.4) is 0 Å². The van der Waals surface area contributed by atoms with E-state index in [1.165, 1.54) is 28.8 Å². The predicted molar refractivity (Wildman–Crippen MR) is 173 cm³/mol. The Labute approximate surface area is 261 Å². The fraction of sp³-hybridized carbons (Fsp3) is 0.485. The number of aromatic nitrogens is 3. The van der Waals surface area contributed by atoms with Gasteiger partial charge in [0.1, 0.15) is 28.6 Å². The monoisotopic (exact) mass is 621 g/mol. The molecule has 1 amide bonds. The highest BCUT2D eigenvalue weighted by atomic mass is 19.1. The molecule has 1 aromatic carbocycles. The lowest BCUT2D eigenvalue weighted by atomic mass is 9.90. The topological polar surface area (TPSA) is 119 Å². The number of benzene rings is 1. The third-order valence-electron chi connectivity index (χ3n) is 8.35. The van der Waals surface area contributed by atoms with E-state index in [2.05, 4.69) is 15.0 Å². The van der Waals surface area contributed by atoms with E-state index in [0.717, 1.165) is 5.57 Å². The van der Waals surface area contributed by atoms with Gasteiger partial charge in [-0.15, -0.1) is 0 Å². The van der Waals surface area contributed by atoms with Gasteiger partial charge in [0.05, 0.1) is 23.0 Å². The van der Waals surface area contributed by atoms with Crippen molar-refractivity contribution in [2.24, 2.45) is 10.9 Å². The Morgan fingerprint density at radius 1 is 1.09 bits per heavy atom. The third kappa shape index (κ3) is 6.02. The fourth-order valence-corrected chi connectivity index (χ4v) is 6.16. The van der Waals surface area contributed by atoms with E-state index in [1.807, 2.05) is 66.4 Å². The lowest BCUT2D eigenvalue weighted by Gasteiger charge is -2.45. The largest absolute Gasteiger partial charge is 0.444 e. The van der Waals surface area contributed by atoms with Gasteiger partial charge in [-0.05, 0) is 77.3 Å². The van der Waals surface area contributed by atoms with Gasteiger partial charge in [-0.2, -0.15) is 4.98 Å². The Morgan fingerprint density at radius 3 is 2.44 bits per heavy atom. The van der Waals surface area contributed by atoms with Crippen molar-refractivity contribution in [1.82, 2.24) is 19.4 Å². The summed E-state index contributed by atoms with van der Waals surface area (Å²) in [5, 5.41) is 0.278. The van der Waals surface area contributed by atoms with E-state index in [1.54, 1.807) is 11.1 Å². The average Bonchev–Trinajstić information content (AvgIpc) is 2.93. The minimum atomic E-state index is -0.810. The number of allylic oxidation sites excluding steroid dienone is 1. The molecule has 4 heterocycles. The molecule has 240 valence electrons. The molecule has 0 spiro atoms. The molecule has 3 aromatic rings. The Bertz CT molecular complexity index is 1740. The summed E-state index contributed by atoms with van der Waals surface area (Å²) in [6.45, 7) is 15.7. The zero-order valence-corrected chi connectivity index (χ0v) is 27.0. The van der Waals surface area contributed by atoms with E-state index >= 15 is 8.78 Å². The normalized spacial score (nSPS) is 22.2. The van der Waals surface area contributed by atoms with Gasteiger partial charge in [0.2, 0.25) is 0 Å². The van der Waals surface area contributed by atoms with Crippen LogP contribution in [0.2, 0.25) is 0 Å². The van der Waals surface area contributed by atoms with E-state index in [4.69, 9.17) is 10.5 Å². The number of anilines is 2. The van der Waals surface area contributed by atoms with Crippen LogP contribution >= 0.6 is 0 Å². The number of piperazine rings is 1. The summed E-state index contributed by atoms with van der Waals surface area (Å²) in [4.78, 5) is 44.5. The predicted octanol–water partition coefficient (Wildman–Crippen LogP) is 5.75. The highest BCUT2D eigenvalue weighted by Crippen LogP contribution is 2.37. The lowest BCUT2D eigenvalue weighted by molar-refractivity contribution is 0.0130. The van der Waals surface area contributed by atoms with Crippen molar-refractivity contribution in [1.29, 1.82) is 0 Å². The standard InChI is InChI=1S/C33H41F2N7O3/c1-17(2)26-28(18(3)12-13-37-26)42-30-21(14-23(35)27(38-30)25-22(34)10-9-11-24(25)36)29(39-31(42)43)40-15-20(5)41(16-19(40)4)32(44)45-33(6,7)8/h9-14,17,19-20,26,28H,15-16,36H2,1-8H3/t19-,20+,26?,28?/m0/s1. The molecule has 2 N–H and O–H groups in total. The van der Waals surface area contributed by atoms with Gasteiger partial charge in [0, 0.05) is 37.1 Å². The third-order valence-corrected chi connectivity index (χ3v) is 8.35. The molecular weight excluding hydrogens is 580 g/mol. The molecule has 1 saturated heterocycles. The zero-order chi connectivity index (χ0) is 33.0. The number of dihydropyridines is 1. The number of rotatable bonds is 4. The Morgan fingerprint density at radius 2 is 1.80 bits per heavy atom. The van der Waals surface area contributed by atoms with Gasteiger partial charge in [-0.25, -0.2) is 23.4 Å². The molecule has 2 aliphatic heterocycles. The number of fused-ring (bicyclic) bond motifs is 1. The minimum Gasteiger partial charge on any atom is -0.444 e. The van der Waals surface area contributed by atoms with Crippen LogP contribution in [-0.2, 0) is 4.74 Å². The minimum absolute atomic E-state index is 0.0167. The maximum Gasteiger partial charge on any atom is 0.410 e. The zero-order valence-electron chi connectivity index (χ0n) is 27.0. The van der Waals surface area contributed by atoms with Gasteiger partial charge in [-0.3, -0.25) is 9.56 Å². The summed E-state index contributed by atoms with van der Waals surface area (Å²) < 4.78 is 38.2. The molecular formula is C33H41F2N7O3. The van der Waals surface area contributed by atoms with Crippen molar-refractivity contribution in [3.8, 4) is 11.3 Å². The number of carbonyl (C=O) groups is 1. The molecule has 1 fully saturated rings. The lowest BCUT2D eigenvalue weighted by Crippen LogP contribution is -2.59. The van der Waals surface area contributed by atoms with E-state index in [9.17, 15) is 9.59 Å². The Kier molecular flexibility index (Phi) is 8.45. The fourth-order valence-electron chi connectivity index (χ4n) is 6.16. The van der Waals surface area contributed by atoms with Gasteiger partial charge in [0.25, 0.3) is 0 Å². The van der Waals surface area contributed by atoms with Crippen LogP contribution in [0.5, 0.6) is 0 Å². The first-order valence-corrected chi connectivity index (χ1v) is 15.2. The maximum absolute atomic E-state index is 16.0. The number of nitrogens with zero attached hydrogens (tertiary/aromatic N) is 6. The summed E-state index contributed by atoms with van der Waals surface area (Å²) in [5.74, 6) is -1.27. The van der Waals surface area contributed by atoms with Crippen LogP contribution in [-0.4, -0.2) is 68.6 Å². The number of pyridine rings is 1. The smallest absolute Gasteiger partial charge is 0.410 e. The Balaban J connectivity index is 1.72. The number of ether oxygens (including phenoxy) is 1. The summed E-state index contributed by atoms with van der Waals surface area (Å²) in [6.07, 6.45) is 3.11. The molecule has 0 aliphatic carbocycles. The molecule has 2 unspecified atom stereocenters. The highest BCUT2D eigenvalue weighted by Gasteiger charge is 2.38. The molecule has 2 aromatic heterocycles. The number of nitrogens with two attached hydrogens (primary N) is 1. The van der Waals surface area contributed by atoms with E-state index < -0.39 is 35.1 Å². The number of halogens is 2. The van der Waals surface area contributed by atoms with Crippen LogP contribution < -0.4 is 16.3 Å². The number of hydrogen-bond acceptors (Lipinski definition) is 8. The first-order valence-electron chi connectivity index (χ1n) is 15.2. The number of aliphatic imine (C=N–C) groups is 1. The second-order valence-corrected chi connectivity index (χ2v) is 13.4. The Hall–Kier alpha value is -4.35. The van der Waals surface area contributed by atoms with Crippen LogP contribution in [0, 0.1) is 17.6 Å². The van der Waals surface area contributed by atoms with E-state index in [0.29, 0.717) is 6.54 Å². The quantitative estimate of drug-likeness (QED) is 0.369. The number of carbonyl (C=O) groups excluding carboxylic acids is 1.